The second-order valence-corrected chi connectivity index (χ2v) is 6.82. The summed E-state index contributed by atoms with van der Waals surface area (Å²) in [4.78, 5) is 43.7. The van der Waals surface area contributed by atoms with E-state index in [9.17, 15) is 19.5 Å². The number of aromatic hydroxyl groups is 1. The normalized spacial score (nSPS) is 15.2. The molecule has 7 heteroatoms. The lowest BCUT2D eigenvalue weighted by Gasteiger charge is -2.31. The first-order valence-corrected chi connectivity index (χ1v) is 8.86. The van der Waals surface area contributed by atoms with Crippen LogP contribution in [0.4, 0.5) is 0 Å². The van der Waals surface area contributed by atoms with Crippen molar-refractivity contribution in [1.29, 1.82) is 0 Å². The molecule has 0 aliphatic carbocycles. The highest BCUT2D eigenvalue weighted by Gasteiger charge is 2.28. The number of rotatable bonds is 3. The molecule has 27 heavy (non-hydrogen) atoms. The van der Waals surface area contributed by atoms with E-state index in [1.807, 2.05) is 0 Å². The van der Waals surface area contributed by atoms with Crippen molar-refractivity contribution in [2.45, 2.75) is 12.8 Å². The number of aromatic amines is 2. The molecule has 1 aliphatic heterocycles. The first-order valence-electron chi connectivity index (χ1n) is 8.86. The number of Topliss-reactive ketones (excluding diaryl/α,β-unsaturated/α-hetero) is 1. The number of imidazole rings is 1. The first-order chi connectivity index (χ1) is 13.0. The summed E-state index contributed by atoms with van der Waals surface area (Å²) in [7, 11) is 0. The molecule has 1 amide bonds. The van der Waals surface area contributed by atoms with Gasteiger partial charge >= 0.3 is 5.69 Å². The summed E-state index contributed by atoms with van der Waals surface area (Å²) in [5.74, 6) is -0.0438. The van der Waals surface area contributed by atoms with E-state index in [-0.39, 0.29) is 29.0 Å². The average Bonchev–Trinajstić information content (AvgIpc) is 3.07. The number of nitrogens with zero attached hydrogens (tertiary/aromatic N) is 1. The zero-order chi connectivity index (χ0) is 19.0. The lowest BCUT2D eigenvalue weighted by Crippen LogP contribution is -2.40. The topological polar surface area (TPSA) is 106 Å². The lowest BCUT2D eigenvalue weighted by atomic mass is 9.88. The Kier molecular flexibility index (Phi) is 4.27. The van der Waals surface area contributed by atoms with E-state index < -0.39 is 0 Å². The second-order valence-electron chi connectivity index (χ2n) is 6.82. The van der Waals surface area contributed by atoms with Gasteiger partial charge in [0.25, 0.3) is 5.91 Å². The van der Waals surface area contributed by atoms with Crippen LogP contribution in [-0.2, 0) is 0 Å². The molecular weight excluding hydrogens is 346 g/mol. The van der Waals surface area contributed by atoms with Gasteiger partial charge in [-0.15, -0.1) is 0 Å². The molecular formula is C20H19N3O4. The van der Waals surface area contributed by atoms with Crippen molar-refractivity contribution in [2.24, 2.45) is 5.92 Å². The summed E-state index contributed by atoms with van der Waals surface area (Å²) >= 11 is 0. The van der Waals surface area contributed by atoms with Crippen molar-refractivity contribution in [3.8, 4) is 5.75 Å². The van der Waals surface area contributed by atoms with Crippen LogP contribution in [0, 0.1) is 5.92 Å². The molecule has 0 saturated carbocycles. The average molecular weight is 365 g/mol. The van der Waals surface area contributed by atoms with E-state index in [0.29, 0.717) is 48.1 Å². The van der Waals surface area contributed by atoms with Gasteiger partial charge in [-0.1, -0.05) is 0 Å². The molecule has 7 nitrogen and oxygen atoms in total. The maximum atomic E-state index is 12.7. The van der Waals surface area contributed by atoms with Crippen LogP contribution in [0.25, 0.3) is 11.0 Å². The molecule has 0 radical (unpaired) electrons. The number of ketones is 1. The van der Waals surface area contributed by atoms with Crippen LogP contribution in [-0.4, -0.2) is 44.8 Å². The van der Waals surface area contributed by atoms with Crippen LogP contribution in [0.15, 0.2) is 47.3 Å². The molecule has 3 aromatic rings. The van der Waals surface area contributed by atoms with Crippen LogP contribution < -0.4 is 5.69 Å². The van der Waals surface area contributed by atoms with E-state index in [1.54, 1.807) is 35.2 Å². The smallest absolute Gasteiger partial charge is 0.323 e. The summed E-state index contributed by atoms with van der Waals surface area (Å²) in [5.41, 5.74) is 2.06. The van der Waals surface area contributed by atoms with Crippen LogP contribution in [0.1, 0.15) is 33.6 Å². The number of H-pyrrole nitrogens is 2. The highest BCUT2D eigenvalue weighted by molar-refractivity contribution is 5.99. The highest BCUT2D eigenvalue weighted by Crippen LogP contribution is 2.24. The van der Waals surface area contributed by atoms with Crippen molar-refractivity contribution in [1.82, 2.24) is 14.9 Å². The third-order valence-electron chi connectivity index (χ3n) is 5.07. The van der Waals surface area contributed by atoms with Gasteiger partial charge in [-0.2, -0.15) is 0 Å². The fourth-order valence-corrected chi connectivity index (χ4v) is 3.55. The molecule has 3 N–H and O–H groups in total. The molecule has 2 aromatic carbocycles. The van der Waals surface area contributed by atoms with Gasteiger partial charge in [-0.05, 0) is 55.3 Å². The van der Waals surface area contributed by atoms with Crippen molar-refractivity contribution < 1.29 is 14.7 Å². The Morgan fingerprint density at radius 3 is 2.26 bits per heavy atom. The number of carbonyl (C=O) groups is 2. The number of fused-ring (bicyclic) bond motifs is 1. The number of carbonyl (C=O) groups excluding carboxylic acids is 2. The quantitative estimate of drug-likeness (QED) is 0.619. The number of amides is 1. The van der Waals surface area contributed by atoms with E-state index in [4.69, 9.17) is 0 Å². The fourth-order valence-electron chi connectivity index (χ4n) is 3.55. The molecule has 0 unspecified atom stereocenters. The number of hydrogen-bond acceptors (Lipinski definition) is 4. The molecule has 0 atom stereocenters. The van der Waals surface area contributed by atoms with E-state index >= 15 is 0 Å². The Morgan fingerprint density at radius 1 is 0.926 bits per heavy atom. The van der Waals surface area contributed by atoms with E-state index in [0.717, 1.165) is 0 Å². The summed E-state index contributed by atoms with van der Waals surface area (Å²) in [5, 5.41) is 9.34. The molecule has 0 spiro atoms. The van der Waals surface area contributed by atoms with Gasteiger partial charge < -0.3 is 20.0 Å². The Morgan fingerprint density at radius 2 is 1.56 bits per heavy atom. The summed E-state index contributed by atoms with van der Waals surface area (Å²) in [6, 6.07) is 11.3. The number of benzene rings is 2. The van der Waals surface area contributed by atoms with Gasteiger partial charge in [0.2, 0.25) is 0 Å². The predicted molar refractivity (Wildman–Crippen MR) is 100.0 cm³/mol. The van der Waals surface area contributed by atoms with Gasteiger partial charge in [0.05, 0.1) is 11.0 Å². The van der Waals surface area contributed by atoms with E-state index in [2.05, 4.69) is 9.97 Å². The number of hydrogen-bond donors (Lipinski definition) is 3. The predicted octanol–water partition coefficient (Wildman–Crippen LogP) is 2.30. The zero-order valence-corrected chi connectivity index (χ0v) is 14.6. The Labute approximate surface area is 154 Å². The zero-order valence-electron chi connectivity index (χ0n) is 14.6. The minimum atomic E-state index is -0.303. The monoisotopic (exact) mass is 365 g/mol. The van der Waals surface area contributed by atoms with Crippen molar-refractivity contribution >= 4 is 22.7 Å². The SMILES string of the molecule is O=C(c1ccc(O)cc1)C1CCN(C(=O)c2ccc3[nH]c(=O)[nH]c3c2)CC1. The molecule has 1 saturated heterocycles. The van der Waals surface area contributed by atoms with Crippen LogP contribution in [0.2, 0.25) is 0 Å². The number of phenols is 1. The molecule has 1 aliphatic rings. The largest absolute Gasteiger partial charge is 0.508 e. The molecule has 2 heterocycles. The summed E-state index contributed by atoms with van der Waals surface area (Å²) in [6.07, 6.45) is 1.21. The maximum Gasteiger partial charge on any atom is 0.323 e. The molecule has 138 valence electrons. The van der Waals surface area contributed by atoms with Gasteiger partial charge in [0, 0.05) is 30.1 Å². The van der Waals surface area contributed by atoms with Crippen LogP contribution >= 0.6 is 0 Å². The highest BCUT2D eigenvalue weighted by atomic mass is 16.3. The Balaban J connectivity index is 1.43. The van der Waals surface area contributed by atoms with Gasteiger partial charge in [-0.25, -0.2) is 4.79 Å². The van der Waals surface area contributed by atoms with Crippen molar-refractivity contribution in [3.05, 3.63) is 64.1 Å². The number of piperidine rings is 1. The molecule has 1 fully saturated rings. The van der Waals surface area contributed by atoms with Crippen molar-refractivity contribution in [3.63, 3.8) is 0 Å². The molecule has 1 aromatic heterocycles. The van der Waals surface area contributed by atoms with Crippen molar-refractivity contribution in [2.75, 3.05) is 13.1 Å². The van der Waals surface area contributed by atoms with Gasteiger partial charge in [-0.3, -0.25) is 9.59 Å². The van der Waals surface area contributed by atoms with E-state index in [1.165, 1.54) is 12.1 Å². The van der Waals surface area contributed by atoms with Crippen LogP contribution in [0.5, 0.6) is 5.75 Å². The maximum absolute atomic E-state index is 12.7. The standard InChI is InChI=1S/C20H19N3O4/c24-15-4-1-12(2-5-15)18(25)13-7-9-23(10-8-13)19(26)14-3-6-16-17(11-14)22-20(27)21-16/h1-6,11,13,24H,7-10H2,(H2,21,22,27). The third-order valence-corrected chi connectivity index (χ3v) is 5.07. The number of phenolic OH excluding ortho intramolecular Hbond substituents is 1. The van der Waals surface area contributed by atoms with Crippen LogP contribution in [0.3, 0.4) is 0 Å². The Bertz CT molecular complexity index is 1060. The lowest BCUT2D eigenvalue weighted by molar-refractivity contribution is 0.0650. The Hall–Kier alpha value is -3.35. The summed E-state index contributed by atoms with van der Waals surface area (Å²) < 4.78 is 0. The number of nitrogens with one attached hydrogen (secondary N) is 2. The number of aromatic nitrogens is 2. The molecule has 4 rings (SSSR count). The third kappa shape index (κ3) is 3.36. The minimum absolute atomic E-state index is 0.0495. The first kappa shape index (κ1) is 17.1. The van der Waals surface area contributed by atoms with Gasteiger partial charge in [0.1, 0.15) is 5.75 Å². The second kappa shape index (κ2) is 6.75. The summed E-state index contributed by atoms with van der Waals surface area (Å²) in [6.45, 7) is 1.02. The van der Waals surface area contributed by atoms with Gasteiger partial charge in [0.15, 0.2) is 5.78 Å². The number of likely N-dealkylation sites (tertiary alicyclic amines) is 1. The fraction of sp³-hybridized carbons (Fsp3) is 0.250. The minimum Gasteiger partial charge on any atom is -0.508 e. The molecule has 0 bridgehead atoms.